The van der Waals surface area contributed by atoms with Gasteiger partial charge in [-0.2, -0.15) is 0 Å². The van der Waals surface area contributed by atoms with Gasteiger partial charge in [-0.25, -0.2) is 0 Å². The van der Waals surface area contributed by atoms with Crippen molar-refractivity contribution in [2.45, 2.75) is 31.8 Å². The van der Waals surface area contributed by atoms with Crippen molar-refractivity contribution in [3.63, 3.8) is 0 Å². The standard InChI is InChI=1S/C13H17NO2/c1-2-16-13(15)12-11(14-12)9-8-10-6-4-3-5-7-10/h3-7,11-12,14H,2,8-9H2,1H3. The molecule has 1 N–H and O–H groups in total. The molecule has 16 heavy (non-hydrogen) atoms. The van der Waals surface area contributed by atoms with Crippen LogP contribution in [0.3, 0.4) is 0 Å². The van der Waals surface area contributed by atoms with Crippen molar-refractivity contribution in [2.24, 2.45) is 0 Å². The maximum atomic E-state index is 11.3. The molecular weight excluding hydrogens is 202 g/mol. The van der Waals surface area contributed by atoms with Gasteiger partial charge in [0.25, 0.3) is 0 Å². The van der Waals surface area contributed by atoms with Crippen molar-refractivity contribution < 1.29 is 9.53 Å². The normalized spacial score (nSPS) is 22.8. The molecule has 3 nitrogen and oxygen atoms in total. The van der Waals surface area contributed by atoms with E-state index in [0.29, 0.717) is 12.6 Å². The molecule has 1 aromatic carbocycles. The number of nitrogens with one attached hydrogen (secondary N) is 1. The second-order valence-corrected chi connectivity index (χ2v) is 4.03. The van der Waals surface area contributed by atoms with Crippen LogP contribution in [-0.2, 0) is 16.0 Å². The predicted molar refractivity (Wildman–Crippen MR) is 62.1 cm³/mol. The first-order chi connectivity index (χ1) is 7.81. The Morgan fingerprint density at radius 3 is 2.81 bits per heavy atom. The highest BCUT2D eigenvalue weighted by molar-refractivity contribution is 5.80. The average Bonchev–Trinajstić information content (AvgIpc) is 3.08. The fourth-order valence-corrected chi connectivity index (χ4v) is 1.86. The Labute approximate surface area is 95.8 Å². The Bertz CT molecular complexity index is 350. The highest BCUT2D eigenvalue weighted by Crippen LogP contribution is 2.18. The van der Waals surface area contributed by atoms with E-state index in [9.17, 15) is 4.79 Å². The van der Waals surface area contributed by atoms with Gasteiger partial charge in [0.15, 0.2) is 0 Å². The summed E-state index contributed by atoms with van der Waals surface area (Å²) in [5.41, 5.74) is 1.32. The van der Waals surface area contributed by atoms with Crippen molar-refractivity contribution in [1.82, 2.24) is 5.32 Å². The molecule has 0 aromatic heterocycles. The molecule has 1 aliphatic heterocycles. The number of esters is 1. The van der Waals surface area contributed by atoms with E-state index >= 15 is 0 Å². The summed E-state index contributed by atoms with van der Waals surface area (Å²) in [7, 11) is 0. The fourth-order valence-electron chi connectivity index (χ4n) is 1.86. The molecule has 0 radical (unpaired) electrons. The number of rotatable bonds is 5. The van der Waals surface area contributed by atoms with Crippen LogP contribution in [0.5, 0.6) is 0 Å². The molecule has 0 saturated carbocycles. The summed E-state index contributed by atoms with van der Waals surface area (Å²) in [5, 5.41) is 3.15. The van der Waals surface area contributed by atoms with Gasteiger partial charge in [-0.15, -0.1) is 0 Å². The monoisotopic (exact) mass is 219 g/mol. The first kappa shape index (κ1) is 11.1. The summed E-state index contributed by atoms with van der Waals surface area (Å²) in [4.78, 5) is 11.3. The van der Waals surface area contributed by atoms with Gasteiger partial charge in [-0.05, 0) is 25.3 Å². The second kappa shape index (κ2) is 5.12. The van der Waals surface area contributed by atoms with E-state index in [-0.39, 0.29) is 12.0 Å². The number of hydrogen-bond donors (Lipinski definition) is 1. The molecule has 2 unspecified atom stereocenters. The lowest BCUT2D eigenvalue weighted by molar-refractivity contribution is -0.142. The third-order valence-electron chi connectivity index (χ3n) is 2.81. The lowest BCUT2D eigenvalue weighted by Gasteiger charge is -2.00. The molecule has 2 atom stereocenters. The van der Waals surface area contributed by atoms with Crippen LogP contribution in [0.15, 0.2) is 30.3 Å². The van der Waals surface area contributed by atoms with Gasteiger partial charge in [0.1, 0.15) is 6.04 Å². The topological polar surface area (TPSA) is 48.2 Å². The Morgan fingerprint density at radius 1 is 1.38 bits per heavy atom. The molecule has 2 rings (SSSR count). The van der Waals surface area contributed by atoms with Crippen LogP contribution in [0.4, 0.5) is 0 Å². The average molecular weight is 219 g/mol. The van der Waals surface area contributed by atoms with Crippen molar-refractivity contribution in [3.8, 4) is 0 Å². The van der Waals surface area contributed by atoms with Crippen LogP contribution >= 0.6 is 0 Å². The number of carbonyl (C=O) groups excluding carboxylic acids is 1. The van der Waals surface area contributed by atoms with Gasteiger partial charge < -0.3 is 4.74 Å². The summed E-state index contributed by atoms with van der Waals surface area (Å²) in [6, 6.07) is 10.6. The van der Waals surface area contributed by atoms with Crippen LogP contribution in [0, 0.1) is 0 Å². The maximum Gasteiger partial charge on any atom is 0.324 e. The summed E-state index contributed by atoms with van der Waals surface area (Å²) >= 11 is 0. The van der Waals surface area contributed by atoms with Crippen LogP contribution in [0.1, 0.15) is 18.9 Å². The Balaban J connectivity index is 1.72. The van der Waals surface area contributed by atoms with Crippen molar-refractivity contribution >= 4 is 5.97 Å². The fraction of sp³-hybridized carbons (Fsp3) is 0.462. The molecular formula is C13H17NO2. The predicted octanol–water partition coefficient (Wildman–Crippen LogP) is 1.52. The van der Waals surface area contributed by atoms with E-state index in [1.807, 2.05) is 25.1 Å². The molecule has 3 heteroatoms. The van der Waals surface area contributed by atoms with Crippen molar-refractivity contribution in [2.75, 3.05) is 6.61 Å². The van der Waals surface area contributed by atoms with Crippen LogP contribution in [-0.4, -0.2) is 24.7 Å². The first-order valence-corrected chi connectivity index (χ1v) is 5.78. The minimum absolute atomic E-state index is 0.0661. The largest absolute Gasteiger partial charge is 0.465 e. The van der Waals surface area contributed by atoms with Crippen molar-refractivity contribution in [1.29, 1.82) is 0 Å². The first-order valence-electron chi connectivity index (χ1n) is 5.78. The second-order valence-electron chi connectivity index (χ2n) is 4.03. The number of ether oxygens (including phenoxy) is 1. The van der Waals surface area contributed by atoms with E-state index in [4.69, 9.17) is 4.74 Å². The van der Waals surface area contributed by atoms with Crippen LogP contribution in [0.2, 0.25) is 0 Å². The molecule has 0 aliphatic carbocycles. The van der Waals surface area contributed by atoms with E-state index in [1.54, 1.807) is 0 Å². The van der Waals surface area contributed by atoms with Gasteiger partial charge in [0.2, 0.25) is 0 Å². The highest BCUT2D eigenvalue weighted by Gasteiger charge is 2.42. The Kier molecular flexibility index (Phi) is 3.57. The van der Waals surface area contributed by atoms with Gasteiger partial charge in [0, 0.05) is 6.04 Å². The maximum absolute atomic E-state index is 11.3. The van der Waals surface area contributed by atoms with Gasteiger partial charge in [-0.1, -0.05) is 30.3 Å². The molecule has 86 valence electrons. The molecule has 1 saturated heterocycles. The van der Waals surface area contributed by atoms with Crippen molar-refractivity contribution in [3.05, 3.63) is 35.9 Å². The molecule has 1 heterocycles. The lowest BCUT2D eigenvalue weighted by Crippen LogP contribution is -2.15. The zero-order chi connectivity index (χ0) is 11.4. The molecule has 1 fully saturated rings. The number of hydrogen-bond acceptors (Lipinski definition) is 3. The molecule has 0 bridgehead atoms. The molecule has 0 amide bonds. The molecule has 1 aliphatic rings. The zero-order valence-corrected chi connectivity index (χ0v) is 9.48. The van der Waals surface area contributed by atoms with Gasteiger partial charge in [-0.3, -0.25) is 10.1 Å². The van der Waals surface area contributed by atoms with Crippen LogP contribution in [0.25, 0.3) is 0 Å². The quantitative estimate of drug-likeness (QED) is 0.603. The highest BCUT2D eigenvalue weighted by atomic mass is 16.5. The van der Waals surface area contributed by atoms with E-state index in [0.717, 1.165) is 12.8 Å². The smallest absolute Gasteiger partial charge is 0.324 e. The Hall–Kier alpha value is -1.35. The van der Waals surface area contributed by atoms with Gasteiger partial charge >= 0.3 is 5.97 Å². The number of aryl methyl sites for hydroxylation is 1. The van der Waals surface area contributed by atoms with E-state index in [1.165, 1.54) is 5.56 Å². The third-order valence-corrected chi connectivity index (χ3v) is 2.81. The molecule has 0 spiro atoms. The van der Waals surface area contributed by atoms with Crippen LogP contribution < -0.4 is 5.32 Å². The molecule has 1 aromatic rings. The third kappa shape index (κ3) is 2.83. The minimum atomic E-state index is -0.111. The number of carbonyl (C=O) groups is 1. The zero-order valence-electron chi connectivity index (χ0n) is 9.48. The summed E-state index contributed by atoms with van der Waals surface area (Å²) < 4.78 is 4.95. The summed E-state index contributed by atoms with van der Waals surface area (Å²) in [6.45, 7) is 2.29. The summed E-state index contributed by atoms with van der Waals surface area (Å²) in [5.74, 6) is -0.111. The Morgan fingerprint density at radius 2 is 2.12 bits per heavy atom. The minimum Gasteiger partial charge on any atom is -0.465 e. The number of benzene rings is 1. The van der Waals surface area contributed by atoms with Gasteiger partial charge in [0.05, 0.1) is 6.61 Å². The van der Waals surface area contributed by atoms with E-state index < -0.39 is 0 Å². The van der Waals surface area contributed by atoms with E-state index in [2.05, 4.69) is 17.4 Å². The summed E-state index contributed by atoms with van der Waals surface area (Å²) in [6.07, 6.45) is 2.00. The lowest BCUT2D eigenvalue weighted by atomic mass is 10.1. The SMILES string of the molecule is CCOC(=O)C1NC1CCc1ccccc1.